The average Bonchev–Trinajstić information content (AvgIpc) is 2.93. The summed E-state index contributed by atoms with van der Waals surface area (Å²) in [6, 6.07) is 11.2. The lowest BCUT2D eigenvalue weighted by Crippen LogP contribution is -2.22. The summed E-state index contributed by atoms with van der Waals surface area (Å²) >= 11 is 1.93. The summed E-state index contributed by atoms with van der Waals surface area (Å²) in [6.45, 7) is 0.871. The average molecular weight is 245 g/mol. The zero-order valence-electron chi connectivity index (χ0n) is 9.76. The predicted octanol–water partition coefficient (Wildman–Crippen LogP) is 2.36. The molecule has 1 N–H and O–H groups in total. The highest BCUT2D eigenvalue weighted by Gasteiger charge is 2.21. The van der Waals surface area contributed by atoms with Crippen molar-refractivity contribution in [2.75, 3.05) is 5.75 Å². The Bertz CT molecular complexity index is 521. The van der Waals surface area contributed by atoms with Crippen LogP contribution >= 0.6 is 11.8 Å². The Morgan fingerprint density at radius 2 is 2.29 bits per heavy atom. The van der Waals surface area contributed by atoms with Crippen molar-refractivity contribution in [3.8, 4) is 0 Å². The Hall–Kier alpha value is -1.26. The molecule has 0 saturated heterocycles. The van der Waals surface area contributed by atoms with Gasteiger partial charge in [-0.3, -0.25) is 4.68 Å². The number of rotatable bonds is 3. The van der Waals surface area contributed by atoms with Gasteiger partial charge in [0.15, 0.2) is 0 Å². The van der Waals surface area contributed by atoms with Gasteiger partial charge in [0.25, 0.3) is 0 Å². The molecule has 0 bridgehead atoms. The van der Waals surface area contributed by atoms with Gasteiger partial charge in [0, 0.05) is 36.5 Å². The molecule has 17 heavy (non-hydrogen) atoms. The van der Waals surface area contributed by atoms with Crippen LogP contribution in [0.4, 0.5) is 0 Å². The van der Waals surface area contributed by atoms with Crippen LogP contribution in [0.25, 0.3) is 0 Å². The minimum absolute atomic E-state index is 0.464. The van der Waals surface area contributed by atoms with Crippen LogP contribution in [0.1, 0.15) is 17.3 Å². The van der Waals surface area contributed by atoms with Gasteiger partial charge in [0.2, 0.25) is 0 Å². The molecule has 0 spiro atoms. The van der Waals surface area contributed by atoms with E-state index in [4.69, 9.17) is 0 Å². The van der Waals surface area contributed by atoms with E-state index in [-0.39, 0.29) is 0 Å². The Morgan fingerprint density at radius 1 is 1.41 bits per heavy atom. The van der Waals surface area contributed by atoms with Crippen LogP contribution in [0.5, 0.6) is 0 Å². The van der Waals surface area contributed by atoms with E-state index in [1.165, 1.54) is 16.2 Å². The fourth-order valence-corrected chi connectivity index (χ4v) is 3.33. The maximum absolute atomic E-state index is 4.18. The molecular formula is C13H15N3S. The highest BCUT2D eigenvalue weighted by Crippen LogP contribution is 2.37. The van der Waals surface area contributed by atoms with Crippen LogP contribution in [-0.4, -0.2) is 15.5 Å². The molecule has 0 amide bonds. The van der Waals surface area contributed by atoms with E-state index in [1.807, 2.05) is 29.7 Å². The van der Waals surface area contributed by atoms with Crippen molar-refractivity contribution in [3.63, 3.8) is 0 Å². The fraction of sp³-hybridized carbons (Fsp3) is 0.308. The van der Waals surface area contributed by atoms with Gasteiger partial charge in [-0.05, 0) is 17.7 Å². The largest absolute Gasteiger partial charge is 0.304 e. The zero-order chi connectivity index (χ0) is 11.7. The lowest BCUT2D eigenvalue weighted by Gasteiger charge is -2.13. The van der Waals surface area contributed by atoms with Crippen LogP contribution in [0.15, 0.2) is 41.4 Å². The highest BCUT2D eigenvalue weighted by molar-refractivity contribution is 7.99. The molecule has 1 unspecified atom stereocenters. The van der Waals surface area contributed by atoms with Gasteiger partial charge in [-0.2, -0.15) is 5.10 Å². The summed E-state index contributed by atoms with van der Waals surface area (Å²) in [7, 11) is 1.98. The first-order chi connectivity index (χ1) is 8.34. The number of benzene rings is 1. The second kappa shape index (κ2) is 4.55. The number of aromatic nitrogens is 2. The van der Waals surface area contributed by atoms with Gasteiger partial charge in [-0.1, -0.05) is 18.2 Å². The summed E-state index contributed by atoms with van der Waals surface area (Å²) in [5, 5.41) is 7.78. The van der Waals surface area contributed by atoms with Crippen LogP contribution < -0.4 is 5.32 Å². The van der Waals surface area contributed by atoms with Crippen LogP contribution in [-0.2, 0) is 13.6 Å². The molecule has 1 atom stereocenters. The standard InChI is InChI=1S/C13H15N3S/c1-16-10(6-7-15-16)8-14-12-9-17-13-5-3-2-4-11(12)13/h2-7,12,14H,8-9H2,1H3. The number of hydrogen-bond acceptors (Lipinski definition) is 3. The van der Waals surface area contributed by atoms with Gasteiger partial charge in [0.1, 0.15) is 0 Å². The third-order valence-electron chi connectivity index (χ3n) is 3.15. The number of nitrogens with one attached hydrogen (secondary N) is 1. The van der Waals surface area contributed by atoms with Gasteiger partial charge < -0.3 is 5.32 Å². The number of hydrogen-bond donors (Lipinski definition) is 1. The van der Waals surface area contributed by atoms with Crippen molar-refractivity contribution in [1.29, 1.82) is 0 Å². The van der Waals surface area contributed by atoms with Crippen molar-refractivity contribution in [1.82, 2.24) is 15.1 Å². The minimum Gasteiger partial charge on any atom is -0.304 e. The molecule has 1 aliphatic rings. The van der Waals surface area contributed by atoms with Crippen molar-refractivity contribution in [3.05, 3.63) is 47.8 Å². The number of fused-ring (bicyclic) bond motifs is 1. The fourth-order valence-electron chi connectivity index (χ4n) is 2.13. The molecule has 1 aliphatic heterocycles. The Balaban J connectivity index is 1.70. The third kappa shape index (κ3) is 2.10. The summed E-state index contributed by atoms with van der Waals surface area (Å²) in [5.41, 5.74) is 2.65. The molecule has 2 heterocycles. The van der Waals surface area contributed by atoms with E-state index in [0.29, 0.717) is 6.04 Å². The van der Waals surface area contributed by atoms with Gasteiger partial charge >= 0.3 is 0 Å². The molecule has 1 aromatic heterocycles. The summed E-state index contributed by atoms with van der Waals surface area (Å²) in [5.74, 6) is 1.12. The Labute approximate surface area is 105 Å². The lowest BCUT2D eigenvalue weighted by atomic mass is 10.1. The monoisotopic (exact) mass is 245 g/mol. The molecule has 88 valence electrons. The summed E-state index contributed by atoms with van der Waals surface area (Å²) in [6.07, 6.45) is 1.84. The van der Waals surface area contributed by atoms with Crippen LogP contribution in [0.3, 0.4) is 0 Å². The van der Waals surface area contributed by atoms with Crippen LogP contribution in [0, 0.1) is 0 Å². The first-order valence-corrected chi connectivity index (χ1v) is 6.75. The maximum Gasteiger partial charge on any atom is 0.0518 e. The van der Waals surface area contributed by atoms with Crippen molar-refractivity contribution >= 4 is 11.8 Å². The second-order valence-electron chi connectivity index (χ2n) is 4.23. The molecule has 2 aromatic rings. The molecular weight excluding hydrogens is 230 g/mol. The molecule has 3 nitrogen and oxygen atoms in total. The topological polar surface area (TPSA) is 29.9 Å². The number of thioether (sulfide) groups is 1. The van der Waals surface area contributed by atoms with E-state index in [2.05, 4.69) is 40.7 Å². The van der Waals surface area contributed by atoms with Gasteiger partial charge in [-0.25, -0.2) is 0 Å². The Kier molecular flexibility index (Phi) is 2.91. The second-order valence-corrected chi connectivity index (χ2v) is 5.29. The first kappa shape index (κ1) is 10.9. The van der Waals surface area contributed by atoms with E-state index < -0.39 is 0 Å². The highest BCUT2D eigenvalue weighted by atomic mass is 32.2. The van der Waals surface area contributed by atoms with Crippen molar-refractivity contribution in [2.45, 2.75) is 17.5 Å². The number of nitrogens with zero attached hydrogens (tertiary/aromatic N) is 2. The molecule has 0 aliphatic carbocycles. The van der Waals surface area contributed by atoms with E-state index in [1.54, 1.807) is 0 Å². The molecule has 4 heteroatoms. The Morgan fingerprint density at radius 3 is 3.12 bits per heavy atom. The molecule has 3 rings (SSSR count). The van der Waals surface area contributed by atoms with Crippen molar-refractivity contribution < 1.29 is 0 Å². The summed E-state index contributed by atoms with van der Waals surface area (Å²) in [4.78, 5) is 1.41. The molecule has 0 fully saturated rings. The first-order valence-electron chi connectivity index (χ1n) is 5.76. The quantitative estimate of drug-likeness (QED) is 0.900. The number of aryl methyl sites for hydroxylation is 1. The molecule has 1 aromatic carbocycles. The third-order valence-corrected chi connectivity index (χ3v) is 4.33. The SMILES string of the molecule is Cn1nccc1CNC1CSc2ccccc21. The lowest BCUT2D eigenvalue weighted by molar-refractivity contribution is 0.555. The minimum atomic E-state index is 0.464. The predicted molar refractivity (Wildman–Crippen MR) is 70.0 cm³/mol. The normalized spacial score (nSPS) is 18.3. The zero-order valence-corrected chi connectivity index (χ0v) is 10.6. The van der Waals surface area contributed by atoms with Gasteiger partial charge in [0.05, 0.1) is 5.69 Å². The van der Waals surface area contributed by atoms with Crippen molar-refractivity contribution in [2.24, 2.45) is 7.05 Å². The summed E-state index contributed by atoms with van der Waals surface area (Å²) < 4.78 is 1.92. The van der Waals surface area contributed by atoms with Crippen LogP contribution in [0.2, 0.25) is 0 Å². The van der Waals surface area contributed by atoms with E-state index >= 15 is 0 Å². The molecule has 0 radical (unpaired) electrons. The van der Waals surface area contributed by atoms with Gasteiger partial charge in [-0.15, -0.1) is 11.8 Å². The molecule has 0 saturated carbocycles. The van der Waals surface area contributed by atoms with E-state index in [9.17, 15) is 0 Å². The van der Waals surface area contributed by atoms with E-state index in [0.717, 1.165) is 12.3 Å². The maximum atomic E-state index is 4.18. The smallest absolute Gasteiger partial charge is 0.0518 e.